The van der Waals surface area contributed by atoms with Crippen LogP contribution in [0, 0.1) is 18.2 Å². The smallest absolute Gasteiger partial charge is 0.275 e. The molecule has 0 aromatic carbocycles. The molecular weight excluding hydrogens is 233 g/mol. The maximum atomic E-state index is 12.9. The molecule has 1 fully saturated rings. The SMILES string of the molecule is O=C(NC1=NC=C(C2CC2)[CH]1)c1cc(F)ccn1. The van der Waals surface area contributed by atoms with E-state index < -0.39 is 11.7 Å². The van der Waals surface area contributed by atoms with Gasteiger partial charge in [-0.1, -0.05) is 0 Å². The second kappa shape index (κ2) is 4.33. The second-order valence-electron chi connectivity index (χ2n) is 4.38. The largest absolute Gasteiger partial charge is 0.308 e. The van der Waals surface area contributed by atoms with Gasteiger partial charge < -0.3 is 5.32 Å². The first kappa shape index (κ1) is 11.1. The van der Waals surface area contributed by atoms with Crippen LogP contribution in [-0.2, 0) is 0 Å². The monoisotopic (exact) mass is 244 g/mol. The van der Waals surface area contributed by atoms with Crippen molar-refractivity contribution in [2.75, 3.05) is 0 Å². The molecule has 18 heavy (non-hydrogen) atoms. The Hall–Kier alpha value is -2.04. The number of amides is 1. The van der Waals surface area contributed by atoms with Crippen molar-refractivity contribution in [2.24, 2.45) is 10.9 Å². The number of pyridine rings is 1. The minimum atomic E-state index is -0.482. The van der Waals surface area contributed by atoms with Gasteiger partial charge in [0.05, 0.1) is 6.42 Å². The number of hydrogen-bond donors (Lipinski definition) is 1. The van der Waals surface area contributed by atoms with Crippen LogP contribution in [0.1, 0.15) is 23.3 Å². The highest BCUT2D eigenvalue weighted by Crippen LogP contribution is 2.39. The first-order valence-electron chi connectivity index (χ1n) is 5.78. The van der Waals surface area contributed by atoms with E-state index in [4.69, 9.17) is 0 Å². The Morgan fingerprint density at radius 1 is 1.44 bits per heavy atom. The summed E-state index contributed by atoms with van der Waals surface area (Å²) in [6.45, 7) is 0. The van der Waals surface area contributed by atoms with Crippen molar-refractivity contribution in [3.8, 4) is 0 Å². The van der Waals surface area contributed by atoms with Gasteiger partial charge in [-0.05, 0) is 30.4 Å². The highest BCUT2D eigenvalue weighted by atomic mass is 19.1. The summed E-state index contributed by atoms with van der Waals surface area (Å²) in [5, 5.41) is 2.61. The lowest BCUT2D eigenvalue weighted by atomic mass is 10.1. The van der Waals surface area contributed by atoms with Crippen molar-refractivity contribution in [3.63, 3.8) is 0 Å². The summed E-state index contributed by atoms with van der Waals surface area (Å²) in [7, 11) is 0. The summed E-state index contributed by atoms with van der Waals surface area (Å²) in [4.78, 5) is 19.7. The molecule has 4 nitrogen and oxygen atoms in total. The zero-order chi connectivity index (χ0) is 12.5. The molecule has 3 rings (SSSR count). The number of carbonyl (C=O) groups excluding carboxylic acids is 1. The normalized spacial score (nSPS) is 18.3. The van der Waals surface area contributed by atoms with Gasteiger partial charge in [0.1, 0.15) is 17.3 Å². The quantitative estimate of drug-likeness (QED) is 0.863. The van der Waals surface area contributed by atoms with E-state index in [1.807, 2.05) is 6.42 Å². The van der Waals surface area contributed by atoms with E-state index in [0.717, 1.165) is 11.6 Å². The fourth-order valence-corrected chi connectivity index (χ4v) is 1.79. The van der Waals surface area contributed by atoms with Gasteiger partial charge in [-0.25, -0.2) is 9.38 Å². The van der Waals surface area contributed by atoms with Gasteiger partial charge in [-0.15, -0.1) is 0 Å². The van der Waals surface area contributed by atoms with Crippen LogP contribution >= 0.6 is 0 Å². The minimum absolute atomic E-state index is 0.0472. The second-order valence-corrected chi connectivity index (χ2v) is 4.38. The van der Waals surface area contributed by atoms with E-state index in [9.17, 15) is 9.18 Å². The Balaban J connectivity index is 1.62. The zero-order valence-corrected chi connectivity index (χ0v) is 9.56. The molecule has 0 saturated heterocycles. The summed E-state index contributed by atoms with van der Waals surface area (Å²) < 4.78 is 12.9. The van der Waals surface area contributed by atoms with Gasteiger partial charge in [0, 0.05) is 18.5 Å². The van der Waals surface area contributed by atoms with Crippen molar-refractivity contribution in [2.45, 2.75) is 12.8 Å². The standard InChI is InChI=1S/C13H11FN3O/c14-10-3-4-15-11(6-10)13(18)17-12-5-9(7-16-12)8-1-2-8/h3-8H,1-2H2,(H,16,17,18). The molecule has 1 saturated carbocycles. The Labute approximate surface area is 104 Å². The summed E-state index contributed by atoms with van der Waals surface area (Å²) >= 11 is 0. The van der Waals surface area contributed by atoms with Crippen LogP contribution in [0.2, 0.25) is 0 Å². The predicted molar refractivity (Wildman–Crippen MR) is 64.2 cm³/mol. The predicted octanol–water partition coefficient (Wildman–Crippen LogP) is 1.86. The number of aromatic nitrogens is 1. The van der Waals surface area contributed by atoms with Crippen LogP contribution in [-0.4, -0.2) is 16.7 Å². The topological polar surface area (TPSA) is 54.4 Å². The molecule has 5 heteroatoms. The molecule has 2 heterocycles. The maximum absolute atomic E-state index is 12.9. The fourth-order valence-electron chi connectivity index (χ4n) is 1.79. The lowest BCUT2D eigenvalue weighted by molar-refractivity contribution is 0.0972. The number of nitrogens with zero attached hydrogens (tertiary/aromatic N) is 2. The molecule has 1 amide bonds. The summed E-state index contributed by atoms with van der Waals surface area (Å²) in [6.07, 6.45) is 7.26. The fraction of sp³-hybridized carbons (Fsp3) is 0.231. The Morgan fingerprint density at radius 2 is 2.28 bits per heavy atom. The van der Waals surface area contributed by atoms with E-state index in [1.54, 1.807) is 6.20 Å². The van der Waals surface area contributed by atoms with Crippen molar-refractivity contribution in [3.05, 3.63) is 48.0 Å². The number of rotatable bonds is 2. The van der Waals surface area contributed by atoms with E-state index >= 15 is 0 Å². The summed E-state index contributed by atoms with van der Waals surface area (Å²) in [5.41, 5.74) is 1.20. The molecule has 1 aromatic heterocycles. The molecule has 0 atom stereocenters. The third kappa shape index (κ3) is 2.30. The molecule has 91 valence electrons. The molecule has 1 N–H and O–H groups in total. The van der Waals surface area contributed by atoms with Crippen molar-refractivity contribution >= 4 is 11.7 Å². The minimum Gasteiger partial charge on any atom is -0.308 e. The van der Waals surface area contributed by atoms with Gasteiger partial charge >= 0.3 is 0 Å². The van der Waals surface area contributed by atoms with E-state index in [0.29, 0.717) is 11.8 Å². The van der Waals surface area contributed by atoms with Crippen LogP contribution in [0.5, 0.6) is 0 Å². The van der Waals surface area contributed by atoms with E-state index in [1.165, 1.54) is 25.1 Å². The van der Waals surface area contributed by atoms with Crippen molar-refractivity contribution in [1.82, 2.24) is 10.3 Å². The third-order valence-corrected chi connectivity index (χ3v) is 2.90. The van der Waals surface area contributed by atoms with E-state index in [2.05, 4.69) is 15.3 Å². The van der Waals surface area contributed by atoms with Crippen LogP contribution < -0.4 is 5.32 Å². The molecule has 1 radical (unpaired) electrons. The van der Waals surface area contributed by atoms with E-state index in [-0.39, 0.29) is 5.69 Å². The number of hydrogen-bond acceptors (Lipinski definition) is 3. The average Bonchev–Trinajstić information content (AvgIpc) is 3.11. The Kier molecular flexibility index (Phi) is 2.66. The molecule has 2 aliphatic rings. The van der Waals surface area contributed by atoms with Crippen molar-refractivity contribution < 1.29 is 9.18 Å². The molecule has 1 aromatic rings. The maximum Gasteiger partial charge on any atom is 0.275 e. The molecule has 1 aliphatic heterocycles. The number of halogens is 1. The number of aliphatic imine (C=N–C) groups is 1. The van der Waals surface area contributed by atoms with Gasteiger partial charge in [0.25, 0.3) is 5.91 Å². The van der Waals surface area contributed by atoms with Gasteiger partial charge in [0.2, 0.25) is 0 Å². The molecule has 1 aliphatic carbocycles. The van der Waals surface area contributed by atoms with Gasteiger partial charge in [-0.3, -0.25) is 9.78 Å². The molecular formula is C13H11FN3O. The molecule has 0 spiro atoms. The van der Waals surface area contributed by atoms with Crippen molar-refractivity contribution in [1.29, 1.82) is 0 Å². The highest BCUT2D eigenvalue weighted by molar-refractivity contribution is 6.10. The zero-order valence-electron chi connectivity index (χ0n) is 9.56. The van der Waals surface area contributed by atoms with Crippen LogP contribution in [0.4, 0.5) is 4.39 Å². The number of nitrogens with one attached hydrogen (secondary N) is 1. The molecule has 0 unspecified atom stereocenters. The number of carbonyl (C=O) groups is 1. The lowest BCUT2D eigenvalue weighted by Crippen LogP contribution is -2.30. The van der Waals surface area contributed by atoms with Crippen LogP contribution in [0.15, 0.2) is 35.1 Å². The number of amidine groups is 1. The highest BCUT2D eigenvalue weighted by Gasteiger charge is 2.29. The summed E-state index contributed by atoms with van der Waals surface area (Å²) in [6, 6.07) is 2.29. The Morgan fingerprint density at radius 3 is 3.00 bits per heavy atom. The third-order valence-electron chi connectivity index (χ3n) is 2.90. The lowest BCUT2D eigenvalue weighted by Gasteiger charge is -2.04. The Bertz CT molecular complexity index is 561. The average molecular weight is 244 g/mol. The van der Waals surface area contributed by atoms with Gasteiger partial charge in [-0.2, -0.15) is 0 Å². The molecule has 0 bridgehead atoms. The van der Waals surface area contributed by atoms with Crippen LogP contribution in [0.3, 0.4) is 0 Å². The first-order valence-corrected chi connectivity index (χ1v) is 5.78. The first-order chi connectivity index (χ1) is 8.72. The van der Waals surface area contributed by atoms with Gasteiger partial charge in [0.15, 0.2) is 0 Å². The van der Waals surface area contributed by atoms with Crippen LogP contribution in [0.25, 0.3) is 0 Å². The summed E-state index contributed by atoms with van der Waals surface area (Å²) in [5.74, 6) is 0.155.